The number of fused-ring (bicyclic) bond motifs is 3. The van der Waals surface area contributed by atoms with Gasteiger partial charge >= 0.3 is 0 Å². The highest BCUT2D eigenvalue weighted by molar-refractivity contribution is 5.99. The predicted octanol–water partition coefficient (Wildman–Crippen LogP) is 3.29. The van der Waals surface area contributed by atoms with E-state index in [2.05, 4.69) is 15.4 Å². The summed E-state index contributed by atoms with van der Waals surface area (Å²) < 4.78 is 0. The van der Waals surface area contributed by atoms with Crippen LogP contribution in [0.25, 0.3) is 16.7 Å². The number of benzene rings is 2. The molecule has 4 aromatic rings. The lowest BCUT2D eigenvalue weighted by Crippen LogP contribution is -2.23. The summed E-state index contributed by atoms with van der Waals surface area (Å²) in [6, 6.07) is 17.5. The molecule has 0 radical (unpaired) electrons. The molecule has 0 saturated heterocycles. The van der Waals surface area contributed by atoms with Crippen molar-refractivity contribution in [1.82, 2.24) is 20.0 Å². The maximum atomic E-state index is 12.2. The second kappa shape index (κ2) is 5.77. The molecule has 1 amide bonds. The van der Waals surface area contributed by atoms with Gasteiger partial charge in [0.25, 0.3) is 0 Å². The fourth-order valence-electron chi connectivity index (χ4n) is 3.50. The first kappa shape index (κ1) is 14.8. The topological polar surface area (TPSA) is 72.7 Å². The Morgan fingerprint density at radius 1 is 1.00 bits per heavy atom. The van der Waals surface area contributed by atoms with E-state index < -0.39 is 0 Å². The quantitative estimate of drug-likeness (QED) is 0.607. The lowest BCUT2D eigenvalue weighted by Gasteiger charge is -2.25. The molecular formula is C20H15N5O. The second-order valence-electron chi connectivity index (χ2n) is 6.31. The van der Waals surface area contributed by atoms with Crippen LogP contribution in [0.3, 0.4) is 0 Å². The first-order chi connectivity index (χ1) is 12.8. The van der Waals surface area contributed by atoms with Gasteiger partial charge in [0.05, 0.1) is 5.69 Å². The van der Waals surface area contributed by atoms with Crippen LogP contribution in [0.4, 0.5) is 5.69 Å². The van der Waals surface area contributed by atoms with Crippen molar-refractivity contribution >= 4 is 22.6 Å². The molecule has 0 aliphatic carbocycles. The Morgan fingerprint density at radius 3 is 2.69 bits per heavy atom. The smallest absolute Gasteiger partial charge is 0.225 e. The third-order valence-corrected chi connectivity index (χ3v) is 4.68. The zero-order valence-electron chi connectivity index (χ0n) is 13.8. The molecule has 0 unspecified atom stereocenters. The first-order valence-electron chi connectivity index (χ1n) is 8.45. The molecule has 2 aromatic heterocycles. The number of rotatable bonds is 2. The summed E-state index contributed by atoms with van der Waals surface area (Å²) in [5, 5.41) is 12.3. The molecule has 6 heteroatoms. The third kappa shape index (κ3) is 2.35. The van der Waals surface area contributed by atoms with E-state index >= 15 is 0 Å². The van der Waals surface area contributed by atoms with E-state index in [-0.39, 0.29) is 11.8 Å². The van der Waals surface area contributed by atoms with Gasteiger partial charge in [-0.25, -0.2) is 0 Å². The normalized spacial score (nSPS) is 16.3. The number of nitrogens with one attached hydrogen (secondary N) is 1. The largest absolute Gasteiger partial charge is 0.326 e. The molecule has 0 bridgehead atoms. The standard InChI is InChI=1S/C20H15N5O/c26-18-11-15(13-5-4-10-21-12-13)19-16(22-18)8-9-17-20(19)24-25(23-17)14-6-2-1-3-7-14/h1-10,12,15H,11H2,(H,22,26)/t15-/m1/s1. The average molecular weight is 341 g/mol. The van der Waals surface area contributed by atoms with E-state index in [0.717, 1.165) is 33.5 Å². The summed E-state index contributed by atoms with van der Waals surface area (Å²) in [6.07, 6.45) is 3.92. The van der Waals surface area contributed by atoms with E-state index in [9.17, 15) is 4.79 Å². The van der Waals surface area contributed by atoms with Crippen molar-refractivity contribution in [1.29, 1.82) is 0 Å². The zero-order chi connectivity index (χ0) is 17.5. The molecule has 1 atom stereocenters. The molecule has 0 fully saturated rings. The van der Waals surface area contributed by atoms with Crippen LogP contribution >= 0.6 is 0 Å². The Labute approximate surface area is 149 Å². The van der Waals surface area contributed by atoms with Crippen molar-refractivity contribution in [3.8, 4) is 5.69 Å². The van der Waals surface area contributed by atoms with Crippen molar-refractivity contribution < 1.29 is 4.79 Å². The van der Waals surface area contributed by atoms with E-state index in [4.69, 9.17) is 5.10 Å². The van der Waals surface area contributed by atoms with Gasteiger partial charge in [0.1, 0.15) is 11.0 Å². The first-order valence-corrected chi connectivity index (χ1v) is 8.45. The summed E-state index contributed by atoms with van der Waals surface area (Å²) in [5.41, 5.74) is 5.30. The number of hydrogen-bond acceptors (Lipinski definition) is 4. The lowest BCUT2D eigenvalue weighted by atomic mass is 9.85. The van der Waals surface area contributed by atoms with Crippen LogP contribution in [-0.4, -0.2) is 25.9 Å². The van der Waals surface area contributed by atoms with Gasteiger partial charge in [0, 0.05) is 36.0 Å². The van der Waals surface area contributed by atoms with Crippen molar-refractivity contribution in [2.75, 3.05) is 5.32 Å². The van der Waals surface area contributed by atoms with Crippen LogP contribution in [0, 0.1) is 0 Å². The van der Waals surface area contributed by atoms with Crippen molar-refractivity contribution in [3.05, 3.63) is 78.1 Å². The van der Waals surface area contributed by atoms with Gasteiger partial charge in [-0.1, -0.05) is 24.3 Å². The maximum absolute atomic E-state index is 12.2. The number of carbonyl (C=O) groups excluding carboxylic acids is 1. The van der Waals surface area contributed by atoms with E-state index in [1.807, 2.05) is 60.8 Å². The summed E-state index contributed by atoms with van der Waals surface area (Å²) in [7, 11) is 0. The number of pyridine rings is 1. The Hall–Kier alpha value is -3.54. The fraction of sp³-hybridized carbons (Fsp3) is 0.100. The van der Waals surface area contributed by atoms with Crippen LogP contribution in [-0.2, 0) is 4.79 Å². The fourth-order valence-corrected chi connectivity index (χ4v) is 3.50. The number of hydrogen-bond donors (Lipinski definition) is 1. The molecule has 5 rings (SSSR count). The second-order valence-corrected chi connectivity index (χ2v) is 6.31. The Bertz CT molecular complexity index is 1110. The summed E-state index contributed by atoms with van der Waals surface area (Å²) >= 11 is 0. The Balaban J connectivity index is 1.73. The van der Waals surface area contributed by atoms with Gasteiger partial charge in [-0.2, -0.15) is 4.80 Å². The highest BCUT2D eigenvalue weighted by Gasteiger charge is 2.30. The van der Waals surface area contributed by atoms with Crippen LogP contribution in [0.1, 0.15) is 23.5 Å². The van der Waals surface area contributed by atoms with Crippen LogP contribution in [0.15, 0.2) is 67.0 Å². The molecule has 0 saturated carbocycles. The maximum Gasteiger partial charge on any atom is 0.225 e. The number of para-hydroxylation sites is 1. The highest BCUT2D eigenvalue weighted by Crippen LogP contribution is 2.40. The van der Waals surface area contributed by atoms with Crippen LogP contribution in [0.2, 0.25) is 0 Å². The minimum absolute atomic E-state index is 0.00107. The van der Waals surface area contributed by atoms with Gasteiger partial charge in [-0.3, -0.25) is 9.78 Å². The molecular weight excluding hydrogens is 326 g/mol. The molecule has 0 spiro atoms. The molecule has 2 aromatic carbocycles. The number of aromatic nitrogens is 4. The number of carbonyl (C=O) groups is 1. The molecule has 26 heavy (non-hydrogen) atoms. The third-order valence-electron chi connectivity index (χ3n) is 4.68. The molecule has 3 heterocycles. The minimum atomic E-state index is -0.0860. The molecule has 6 nitrogen and oxygen atoms in total. The van der Waals surface area contributed by atoms with Gasteiger partial charge in [-0.15, -0.1) is 10.2 Å². The predicted molar refractivity (Wildman–Crippen MR) is 98.2 cm³/mol. The van der Waals surface area contributed by atoms with Crippen molar-refractivity contribution in [3.63, 3.8) is 0 Å². The van der Waals surface area contributed by atoms with Gasteiger partial charge in [0.2, 0.25) is 5.91 Å². The average Bonchev–Trinajstić information content (AvgIpc) is 3.13. The number of nitrogens with zero attached hydrogens (tertiary/aromatic N) is 4. The number of amides is 1. The molecule has 1 N–H and O–H groups in total. The van der Waals surface area contributed by atoms with E-state index in [0.29, 0.717) is 6.42 Å². The van der Waals surface area contributed by atoms with Gasteiger partial charge in [-0.05, 0) is 35.9 Å². The Morgan fingerprint density at radius 2 is 1.88 bits per heavy atom. The highest BCUT2D eigenvalue weighted by atomic mass is 16.1. The van der Waals surface area contributed by atoms with Gasteiger partial charge < -0.3 is 5.32 Å². The van der Waals surface area contributed by atoms with Crippen LogP contribution < -0.4 is 5.32 Å². The number of anilines is 1. The van der Waals surface area contributed by atoms with E-state index in [1.54, 1.807) is 11.0 Å². The monoisotopic (exact) mass is 341 g/mol. The molecule has 1 aliphatic heterocycles. The van der Waals surface area contributed by atoms with Crippen molar-refractivity contribution in [2.24, 2.45) is 0 Å². The summed E-state index contributed by atoms with van der Waals surface area (Å²) in [5.74, 6) is -0.0850. The minimum Gasteiger partial charge on any atom is -0.326 e. The lowest BCUT2D eigenvalue weighted by molar-refractivity contribution is -0.116. The zero-order valence-corrected chi connectivity index (χ0v) is 13.8. The van der Waals surface area contributed by atoms with Crippen molar-refractivity contribution in [2.45, 2.75) is 12.3 Å². The summed E-state index contributed by atoms with van der Waals surface area (Å²) in [4.78, 5) is 18.1. The van der Waals surface area contributed by atoms with Crippen LogP contribution in [0.5, 0.6) is 0 Å². The van der Waals surface area contributed by atoms with E-state index in [1.165, 1.54) is 0 Å². The SMILES string of the molecule is O=C1C[C@H](c2cccnc2)c2c(ccc3nn(-c4ccccc4)nc23)N1. The van der Waals surface area contributed by atoms with Gasteiger partial charge in [0.15, 0.2) is 0 Å². The summed E-state index contributed by atoms with van der Waals surface area (Å²) in [6.45, 7) is 0. The molecule has 1 aliphatic rings. The molecule has 126 valence electrons. The Kier molecular flexibility index (Phi) is 3.28.